The highest BCUT2D eigenvalue weighted by Gasteiger charge is 2.12. The van der Waals surface area contributed by atoms with E-state index in [1.807, 2.05) is 25.1 Å². The minimum absolute atomic E-state index is 0.332. The molecule has 0 spiro atoms. The van der Waals surface area contributed by atoms with Gasteiger partial charge in [-0.2, -0.15) is 0 Å². The number of thiophene rings is 1. The Bertz CT molecular complexity index is 919. The molecule has 0 fully saturated rings. The van der Waals surface area contributed by atoms with Gasteiger partial charge in [0.25, 0.3) is 0 Å². The minimum Gasteiger partial charge on any atom is -0.490 e. The summed E-state index contributed by atoms with van der Waals surface area (Å²) in [5, 5.41) is 6.73. The molecule has 7 heteroatoms. The molecule has 1 aromatic heterocycles. The summed E-state index contributed by atoms with van der Waals surface area (Å²) in [7, 11) is 0. The lowest BCUT2D eigenvalue weighted by Gasteiger charge is -2.16. The molecule has 0 amide bonds. The molecule has 0 saturated carbocycles. The van der Waals surface area contributed by atoms with Gasteiger partial charge in [0.1, 0.15) is 6.61 Å². The van der Waals surface area contributed by atoms with Crippen LogP contribution in [0.5, 0.6) is 11.5 Å². The van der Waals surface area contributed by atoms with Gasteiger partial charge in [0.05, 0.1) is 6.61 Å². The van der Waals surface area contributed by atoms with E-state index in [4.69, 9.17) is 32.7 Å². The third-order valence-electron chi connectivity index (χ3n) is 4.01. The zero-order valence-electron chi connectivity index (χ0n) is 15.3. The number of halogens is 3. The van der Waals surface area contributed by atoms with Gasteiger partial charge < -0.3 is 14.8 Å². The maximum absolute atomic E-state index is 6.24. The Morgan fingerprint density at radius 1 is 1.00 bits per heavy atom. The molecule has 0 bridgehead atoms. The molecule has 1 N–H and O–H groups in total. The van der Waals surface area contributed by atoms with Crippen molar-refractivity contribution in [2.75, 3.05) is 6.61 Å². The number of benzene rings is 2. The topological polar surface area (TPSA) is 30.5 Å². The second kappa shape index (κ2) is 10.5. The fraction of sp³-hybridized carbons (Fsp3) is 0.238. The monoisotopic (exact) mass is 499 g/mol. The second-order valence-corrected chi connectivity index (χ2v) is 8.76. The van der Waals surface area contributed by atoms with Crippen molar-refractivity contribution in [3.05, 3.63) is 78.4 Å². The third-order valence-corrected chi connectivity index (χ3v) is 6.21. The lowest BCUT2D eigenvalue weighted by Crippen LogP contribution is -2.12. The van der Waals surface area contributed by atoms with Crippen LogP contribution < -0.4 is 14.8 Å². The van der Waals surface area contributed by atoms with E-state index in [9.17, 15) is 0 Å². The summed E-state index contributed by atoms with van der Waals surface area (Å²) in [6, 6.07) is 13.5. The lowest BCUT2D eigenvalue weighted by atomic mass is 10.2. The molecule has 3 aromatic rings. The van der Waals surface area contributed by atoms with E-state index in [1.54, 1.807) is 23.5 Å². The van der Waals surface area contributed by atoms with Crippen molar-refractivity contribution in [1.29, 1.82) is 0 Å². The smallest absolute Gasteiger partial charge is 0.162 e. The van der Waals surface area contributed by atoms with Gasteiger partial charge in [0, 0.05) is 38.0 Å². The average molecular weight is 501 g/mol. The molecule has 0 unspecified atom stereocenters. The van der Waals surface area contributed by atoms with Crippen LogP contribution in [-0.2, 0) is 19.7 Å². The lowest BCUT2D eigenvalue weighted by molar-refractivity contribution is 0.269. The van der Waals surface area contributed by atoms with Crippen LogP contribution in [0.25, 0.3) is 0 Å². The van der Waals surface area contributed by atoms with Crippen LogP contribution in [0.2, 0.25) is 10.0 Å². The highest BCUT2D eigenvalue weighted by atomic mass is 79.9. The summed E-state index contributed by atoms with van der Waals surface area (Å²) in [5.41, 5.74) is 1.98. The fourth-order valence-corrected chi connectivity index (χ4v) is 4.22. The van der Waals surface area contributed by atoms with Gasteiger partial charge in [-0.25, -0.2) is 0 Å². The Hall–Kier alpha value is -1.24. The Morgan fingerprint density at radius 2 is 1.82 bits per heavy atom. The normalized spacial score (nSPS) is 10.9. The van der Waals surface area contributed by atoms with Crippen molar-refractivity contribution in [2.45, 2.75) is 26.6 Å². The van der Waals surface area contributed by atoms with Crippen molar-refractivity contribution < 1.29 is 9.47 Å². The predicted octanol–water partition coefficient (Wildman–Crippen LogP) is 7.08. The van der Waals surface area contributed by atoms with Gasteiger partial charge in [-0.1, -0.05) is 51.3 Å². The van der Waals surface area contributed by atoms with Gasteiger partial charge in [-0.15, -0.1) is 11.3 Å². The van der Waals surface area contributed by atoms with Gasteiger partial charge in [0.15, 0.2) is 11.5 Å². The van der Waals surface area contributed by atoms with E-state index in [-0.39, 0.29) is 0 Å². The minimum atomic E-state index is 0.332. The third kappa shape index (κ3) is 5.88. The molecule has 0 aliphatic carbocycles. The first-order valence-corrected chi connectivity index (χ1v) is 11.2. The first-order valence-electron chi connectivity index (χ1n) is 8.82. The van der Waals surface area contributed by atoms with E-state index < -0.39 is 0 Å². The summed E-state index contributed by atoms with van der Waals surface area (Å²) in [6.45, 7) is 4.40. The van der Waals surface area contributed by atoms with Crippen LogP contribution in [0, 0.1) is 0 Å². The molecule has 3 rings (SSSR count). The zero-order valence-corrected chi connectivity index (χ0v) is 19.2. The number of hydrogen-bond acceptors (Lipinski definition) is 4. The molecule has 0 aliphatic heterocycles. The summed E-state index contributed by atoms with van der Waals surface area (Å²) in [6.07, 6.45) is 0. The molecule has 28 heavy (non-hydrogen) atoms. The van der Waals surface area contributed by atoms with E-state index in [1.165, 1.54) is 4.88 Å². The molecule has 0 radical (unpaired) electrons. The van der Waals surface area contributed by atoms with Crippen LogP contribution in [-0.4, -0.2) is 6.61 Å². The van der Waals surface area contributed by atoms with Gasteiger partial charge in [-0.05, 0) is 48.2 Å². The molecule has 2 aromatic carbocycles. The number of ether oxygens (including phenoxy) is 2. The Morgan fingerprint density at radius 3 is 2.54 bits per heavy atom. The van der Waals surface area contributed by atoms with Gasteiger partial charge in [-0.3, -0.25) is 0 Å². The van der Waals surface area contributed by atoms with Crippen molar-refractivity contribution in [2.24, 2.45) is 0 Å². The highest BCUT2D eigenvalue weighted by Crippen LogP contribution is 2.35. The average Bonchev–Trinajstić information content (AvgIpc) is 3.17. The van der Waals surface area contributed by atoms with Crippen molar-refractivity contribution in [3.63, 3.8) is 0 Å². The Balaban J connectivity index is 1.70. The number of nitrogens with one attached hydrogen (secondary N) is 1. The molecule has 0 saturated heterocycles. The first kappa shape index (κ1) is 21.5. The van der Waals surface area contributed by atoms with Crippen LogP contribution in [0.1, 0.15) is 22.9 Å². The molecule has 148 valence electrons. The van der Waals surface area contributed by atoms with E-state index in [0.29, 0.717) is 34.8 Å². The molecule has 0 atom stereocenters. The first-order chi connectivity index (χ1) is 13.6. The second-order valence-electron chi connectivity index (χ2n) is 6.03. The van der Waals surface area contributed by atoms with Crippen LogP contribution in [0.3, 0.4) is 0 Å². The number of hydrogen-bond donors (Lipinski definition) is 1. The predicted molar refractivity (Wildman–Crippen MR) is 121 cm³/mol. The molecule has 3 nitrogen and oxygen atoms in total. The largest absolute Gasteiger partial charge is 0.490 e. The maximum Gasteiger partial charge on any atom is 0.162 e. The quantitative estimate of drug-likeness (QED) is 0.340. The van der Waals surface area contributed by atoms with Gasteiger partial charge >= 0.3 is 0 Å². The molecular formula is C21H20BrCl2NO2S. The van der Waals surface area contributed by atoms with Crippen molar-refractivity contribution in [1.82, 2.24) is 5.32 Å². The maximum atomic E-state index is 6.24. The standard InChI is InChI=1S/C21H20BrCl2NO2S/c1-2-26-20-8-15(11-25-12-17-4-3-7-28-17)18(22)10-21(20)27-13-14-5-6-16(23)9-19(14)24/h3-10,25H,2,11-13H2,1H3. The summed E-state index contributed by atoms with van der Waals surface area (Å²) >= 11 is 17.6. The number of rotatable bonds is 9. The van der Waals surface area contributed by atoms with Crippen LogP contribution in [0.15, 0.2) is 52.3 Å². The van der Waals surface area contributed by atoms with Crippen LogP contribution >= 0.6 is 50.5 Å². The highest BCUT2D eigenvalue weighted by molar-refractivity contribution is 9.10. The summed E-state index contributed by atoms with van der Waals surface area (Å²) < 4.78 is 12.8. The van der Waals surface area contributed by atoms with Crippen molar-refractivity contribution >= 4 is 50.5 Å². The zero-order chi connectivity index (χ0) is 19.9. The fourth-order valence-electron chi connectivity index (χ4n) is 2.62. The molecular weight excluding hydrogens is 481 g/mol. The van der Waals surface area contributed by atoms with E-state index >= 15 is 0 Å². The van der Waals surface area contributed by atoms with Crippen LogP contribution in [0.4, 0.5) is 0 Å². The Kier molecular flexibility index (Phi) is 8.06. The van der Waals surface area contributed by atoms with E-state index in [2.05, 4.69) is 38.8 Å². The summed E-state index contributed by atoms with van der Waals surface area (Å²) in [4.78, 5) is 1.31. The summed E-state index contributed by atoms with van der Waals surface area (Å²) in [5.74, 6) is 1.38. The molecule has 0 aliphatic rings. The SMILES string of the molecule is CCOc1cc(CNCc2cccs2)c(Br)cc1OCc1ccc(Cl)cc1Cl. The Labute approximate surface area is 187 Å². The van der Waals surface area contributed by atoms with Crippen molar-refractivity contribution in [3.8, 4) is 11.5 Å². The van der Waals surface area contributed by atoms with Gasteiger partial charge in [0.2, 0.25) is 0 Å². The molecule has 1 heterocycles. The van der Waals surface area contributed by atoms with E-state index in [0.717, 1.165) is 28.7 Å².